The number of rotatable bonds is 4. The summed E-state index contributed by atoms with van der Waals surface area (Å²) >= 11 is 3.22. The molecule has 2 rings (SSSR count). The molecule has 2 heterocycles. The topological polar surface area (TPSA) is 79.7 Å². The van der Waals surface area contributed by atoms with E-state index >= 15 is 0 Å². The Morgan fingerprint density at radius 3 is 2.90 bits per heavy atom. The van der Waals surface area contributed by atoms with Gasteiger partial charge in [0.2, 0.25) is 0 Å². The van der Waals surface area contributed by atoms with Gasteiger partial charge in [-0.1, -0.05) is 0 Å². The fourth-order valence-corrected chi connectivity index (χ4v) is 2.68. The van der Waals surface area contributed by atoms with Crippen molar-refractivity contribution in [3.63, 3.8) is 0 Å². The highest BCUT2D eigenvalue weighted by molar-refractivity contribution is 9.10. The van der Waals surface area contributed by atoms with Crippen molar-refractivity contribution >= 4 is 27.8 Å². The molecule has 6 nitrogen and oxygen atoms in total. The van der Waals surface area contributed by atoms with Crippen molar-refractivity contribution in [3.05, 3.63) is 28.5 Å². The lowest BCUT2D eigenvalue weighted by molar-refractivity contribution is -0.142. The Labute approximate surface area is 124 Å². The number of likely N-dealkylation sites (N-methyl/N-ethyl adjacent to an activating group) is 1. The number of carboxylic acid groups (broad SMARTS) is 1. The van der Waals surface area contributed by atoms with Gasteiger partial charge in [0.1, 0.15) is 10.5 Å². The van der Waals surface area contributed by atoms with Gasteiger partial charge in [-0.25, -0.2) is 4.98 Å². The molecule has 0 saturated carbocycles. The molecule has 1 aromatic heterocycles. The summed E-state index contributed by atoms with van der Waals surface area (Å²) in [4.78, 5) is 29.2. The lowest BCUT2D eigenvalue weighted by atomic mass is 10.0. The van der Waals surface area contributed by atoms with Crippen LogP contribution in [0.1, 0.15) is 17.3 Å². The Hall–Kier alpha value is -1.47. The third-order valence-electron chi connectivity index (χ3n) is 3.34. The van der Waals surface area contributed by atoms with Gasteiger partial charge in [-0.15, -0.1) is 0 Å². The molecule has 0 radical (unpaired) electrons. The third kappa shape index (κ3) is 2.99. The van der Waals surface area contributed by atoms with Crippen molar-refractivity contribution < 1.29 is 19.4 Å². The molecule has 0 aliphatic carbocycles. The fourth-order valence-electron chi connectivity index (χ4n) is 2.32. The number of carbonyl (C=O) groups excluding carboxylic acids is 1. The number of aliphatic carboxylic acids is 1. The summed E-state index contributed by atoms with van der Waals surface area (Å²) in [5.74, 6) is -1.82. The number of hydrogen-bond acceptors (Lipinski definition) is 4. The number of aromatic nitrogens is 1. The maximum atomic E-state index is 12.5. The minimum absolute atomic E-state index is 0.143. The molecule has 0 aromatic carbocycles. The average molecular weight is 343 g/mol. The number of halogens is 1. The van der Waals surface area contributed by atoms with Gasteiger partial charge in [0.25, 0.3) is 5.91 Å². The van der Waals surface area contributed by atoms with Gasteiger partial charge in [0, 0.05) is 18.3 Å². The first-order valence-corrected chi connectivity index (χ1v) is 7.07. The van der Waals surface area contributed by atoms with Crippen LogP contribution in [0.3, 0.4) is 0 Å². The zero-order valence-electron chi connectivity index (χ0n) is 11.0. The van der Waals surface area contributed by atoms with Gasteiger partial charge in [0.15, 0.2) is 0 Å². The fraction of sp³-hybridized carbons (Fsp3) is 0.462. The second kappa shape index (κ2) is 6.32. The number of ether oxygens (including phenoxy) is 1. The minimum Gasteiger partial charge on any atom is -0.481 e. The molecule has 1 saturated heterocycles. The normalized spacial score (nSPS) is 21.7. The van der Waals surface area contributed by atoms with Crippen molar-refractivity contribution in [2.45, 2.75) is 13.0 Å². The van der Waals surface area contributed by atoms with Gasteiger partial charge in [-0.2, -0.15) is 0 Å². The maximum Gasteiger partial charge on any atom is 0.311 e. The summed E-state index contributed by atoms with van der Waals surface area (Å²) in [7, 11) is 0. The molecule has 1 aromatic rings. The van der Waals surface area contributed by atoms with E-state index in [1.54, 1.807) is 17.0 Å². The monoisotopic (exact) mass is 342 g/mol. The molecule has 108 valence electrons. The van der Waals surface area contributed by atoms with E-state index in [0.29, 0.717) is 16.7 Å². The first-order chi connectivity index (χ1) is 9.54. The van der Waals surface area contributed by atoms with Crippen LogP contribution in [0, 0.1) is 5.92 Å². The summed E-state index contributed by atoms with van der Waals surface area (Å²) in [5.41, 5.74) is 0.477. The molecule has 1 fully saturated rings. The molecule has 1 amide bonds. The van der Waals surface area contributed by atoms with Gasteiger partial charge in [-0.3, -0.25) is 9.59 Å². The van der Waals surface area contributed by atoms with Crippen LogP contribution < -0.4 is 0 Å². The van der Waals surface area contributed by atoms with Crippen LogP contribution in [0.25, 0.3) is 0 Å². The number of pyridine rings is 1. The van der Waals surface area contributed by atoms with Crippen LogP contribution in [0.5, 0.6) is 0 Å². The van der Waals surface area contributed by atoms with Crippen molar-refractivity contribution in [1.29, 1.82) is 0 Å². The van der Waals surface area contributed by atoms with Crippen LogP contribution in [0.2, 0.25) is 0 Å². The number of hydrogen-bond donors (Lipinski definition) is 1. The van der Waals surface area contributed by atoms with Gasteiger partial charge in [0.05, 0.1) is 19.3 Å². The average Bonchev–Trinajstić information content (AvgIpc) is 2.89. The second-order valence-electron chi connectivity index (χ2n) is 4.51. The lowest BCUT2D eigenvalue weighted by Gasteiger charge is -2.29. The summed E-state index contributed by atoms with van der Waals surface area (Å²) in [6.45, 7) is 2.65. The van der Waals surface area contributed by atoms with Crippen molar-refractivity contribution in [2.75, 3.05) is 19.8 Å². The first kappa shape index (κ1) is 14.9. The van der Waals surface area contributed by atoms with E-state index in [4.69, 9.17) is 4.74 Å². The molecule has 1 aliphatic rings. The molecule has 7 heteroatoms. The van der Waals surface area contributed by atoms with Gasteiger partial charge < -0.3 is 14.7 Å². The molecule has 2 unspecified atom stereocenters. The van der Waals surface area contributed by atoms with E-state index in [2.05, 4.69) is 20.9 Å². The third-order valence-corrected chi connectivity index (χ3v) is 3.78. The molecular formula is C13H15BrN2O4. The number of amides is 1. The number of carbonyl (C=O) groups is 2. The van der Waals surface area contributed by atoms with Crippen LogP contribution in [0.15, 0.2) is 22.9 Å². The standard InChI is InChI=1S/C13H15BrN2O4/c1-2-16(10-7-20-6-9(10)13(18)19)12(17)8-3-4-15-11(14)5-8/h3-5,9-10H,2,6-7H2,1H3,(H,18,19). The lowest BCUT2D eigenvalue weighted by Crippen LogP contribution is -2.46. The predicted octanol–water partition coefficient (Wildman–Crippen LogP) is 1.41. The highest BCUT2D eigenvalue weighted by atomic mass is 79.9. The van der Waals surface area contributed by atoms with E-state index in [1.165, 1.54) is 6.20 Å². The Balaban J connectivity index is 2.23. The van der Waals surface area contributed by atoms with Gasteiger partial charge >= 0.3 is 5.97 Å². The summed E-state index contributed by atoms with van der Waals surface area (Å²) < 4.78 is 5.79. The first-order valence-electron chi connectivity index (χ1n) is 6.27. The molecule has 1 aliphatic heterocycles. The Bertz CT molecular complexity index is 523. The molecule has 0 bridgehead atoms. The number of nitrogens with zero attached hydrogens (tertiary/aromatic N) is 2. The Morgan fingerprint density at radius 2 is 2.30 bits per heavy atom. The van der Waals surface area contributed by atoms with E-state index in [9.17, 15) is 14.7 Å². The van der Waals surface area contributed by atoms with Crippen LogP contribution in [-0.2, 0) is 9.53 Å². The maximum absolute atomic E-state index is 12.5. The van der Waals surface area contributed by atoms with Crippen LogP contribution in [-0.4, -0.2) is 52.7 Å². The van der Waals surface area contributed by atoms with Gasteiger partial charge in [-0.05, 0) is 35.0 Å². The van der Waals surface area contributed by atoms with E-state index in [-0.39, 0.29) is 19.1 Å². The van der Waals surface area contributed by atoms with Crippen LogP contribution >= 0.6 is 15.9 Å². The molecule has 20 heavy (non-hydrogen) atoms. The molecule has 0 spiro atoms. The molecule has 1 N–H and O–H groups in total. The summed E-state index contributed by atoms with van der Waals surface area (Å²) in [6.07, 6.45) is 1.53. The highest BCUT2D eigenvalue weighted by Crippen LogP contribution is 2.22. The predicted molar refractivity (Wildman–Crippen MR) is 74.4 cm³/mol. The van der Waals surface area contributed by atoms with Crippen molar-refractivity contribution in [1.82, 2.24) is 9.88 Å². The van der Waals surface area contributed by atoms with E-state index in [0.717, 1.165) is 0 Å². The smallest absolute Gasteiger partial charge is 0.311 e. The Morgan fingerprint density at radius 1 is 1.55 bits per heavy atom. The highest BCUT2D eigenvalue weighted by Gasteiger charge is 2.39. The number of carboxylic acids is 1. The molecular weight excluding hydrogens is 328 g/mol. The zero-order valence-corrected chi connectivity index (χ0v) is 12.5. The van der Waals surface area contributed by atoms with Crippen molar-refractivity contribution in [3.8, 4) is 0 Å². The summed E-state index contributed by atoms with van der Waals surface area (Å²) in [6, 6.07) is 2.80. The SMILES string of the molecule is CCN(C(=O)c1ccnc(Br)c1)C1COCC1C(=O)O. The second-order valence-corrected chi connectivity index (χ2v) is 5.32. The minimum atomic E-state index is -0.936. The molecule has 2 atom stereocenters. The quantitative estimate of drug-likeness (QED) is 0.836. The largest absolute Gasteiger partial charge is 0.481 e. The van der Waals surface area contributed by atoms with Crippen LogP contribution in [0.4, 0.5) is 0 Å². The Kier molecular flexibility index (Phi) is 4.72. The van der Waals surface area contributed by atoms with E-state index < -0.39 is 17.9 Å². The summed E-state index contributed by atoms with van der Waals surface area (Å²) in [5, 5.41) is 9.19. The van der Waals surface area contributed by atoms with Crippen molar-refractivity contribution in [2.24, 2.45) is 5.92 Å². The zero-order chi connectivity index (χ0) is 14.7. The van der Waals surface area contributed by atoms with E-state index in [1.807, 2.05) is 6.92 Å².